The van der Waals surface area contributed by atoms with Gasteiger partial charge in [0, 0.05) is 34.8 Å². The summed E-state index contributed by atoms with van der Waals surface area (Å²) in [6, 6.07) is 16.4. The van der Waals surface area contributed by atoms with E-state index in [1.54, 1.807) is 36.4 Å². The summed E-state index contributed by atoms with van der Waals surface area (Å²) >= 11 is 0. The molecule has 0 amide bonds. The third kappa shape index (κ3) is 3.48. The second-order valence-corrected chi connectivity index (χ2v) is 6.09. The van der Waals surface area contributed by atoms with Crippen LogP contribution in [0, 0.1) is 41.1 Å². The van der Waals surface area contributed by atoms with Crippen molar-refractivity contribution >= 4 is 17.3 Å². The van der Waals surface area contributed by atoms with Crippen LogP contribution in [-0.2, 0) is 0 Å². The fraction of sp³-hybridized carbons (Fsp3) is 0.0952. The third-order valence-electron chi connectivity index (χ3n) is 4.37. The Balaban J connectivity index is 2.07. The maximum absolute atomic E-state index is 14.0. The van der Waals surface area contributed by atoms with Gasteiger partial charge in [0.05, 0.1) is 16.6 Å². The normalized spacial score (nSPS) is 11.3. The van der Waals surface area contributed by atoms with Crippen LogP contribution in [0.15, 0.2) is 54.6 Å². The number of halogens is 1. The van der Waals surface area contributed by atoms with Crippen LogP contribution in [0.2, 0.25) is 0 Å². The van der Waals surface area contributed by atoms with Gasteiger partial charge in [-0.05, 0) is 49.8 Å². The first-order valence-electron chi connectivity index (χ1n) is 8.23. The van der Waals surface area contributed by atoms with Crippen LogP contribution in [0.3, 0.4) is 0 Å². The molecule has 0 saturated heterocycles. The van der Waals surface area contributed by atoms with Gasteiger partial charge in [0.1, 0.15) is 5.82 Å². The van der Waals surface area contributed by atoms with Crippen molar-refractivity contribution < 1.29 is 9.31 Å². The van der Waals surface area contributed by atoms with Crippen molar-refractivity contribution in [1.29, 1.82) is 5.26 Å². The number of benzene rings is 2. The minimum Gasteiger partial charge on any atom is -0.318 e. The van der Waals surface area contributed by atoms with E-state index < -0.39 is 10.7 Å². The van der Waals surface area contributed by atoms with Crippen LogP contribution in [0.5, 0.6) is 0 Å². The van der Waals surface area contributed by atoms with Gasteiger partial charge in [-0.15, -0.1) is 0 Å². The van der Waals surface area contributed by atoms with Crippen molar-refractivity contribution in [2.45, 2.75) is 13.8 Å². The summed E-state index contributed by atoms with van der Waals surface area (Å²) in [7, 11) is 0. The lowest BCUT2D eigenvalue weighted by Crippen LogP contribution is -1.99. The van der Waals surface area contributed by atoms with E-state index in [4.69, 9.17) is 0 Å². The van der Waals surface area contributed by atoms with Crippen LogP contribution in [0.4, 0.5) is 10.1 Å². The Morgan fingerprint density at radius 1 is 1.19 bits per heavy atom. The molecule has 27 heavy (non-hydrogen) atoms. The molecule has 0 bridgehead atoms. The number of nitro benzene ring substituents is 1. The molecule has 0 radical (unpaired) electrons. The molecule has 3 rings (SSSR count). The maximum Gasteiger partial charge on any atom is 0.269 e. The zero-order valence-electron chi connectivity index (χ0n) is 14.8. The number of hydrogen-bond donors (Lipinski definition) is 0. The Kier molecular flexibility index (Phi) is 4.86. The number of nitriles is 1. The molecular weight excluding hydrogens is 345 g/mol. The number of non-ortho nitro benzene ring substituents is 1. The topological polar surface area (TPSA) is 71.9 Å². The fourth-order valence-corrected chi connectivity index (χ4v) is 3.06. The lowest BCUT2D eigenvalue weighted by Gasteiger charge is -2.09. The molecule has 5 nitrogen and oxygen atoms in total. The molecule has 3 aromatic rings. The Hall–Kier alpha value is -3.72. The van der Waals surface area contributed by atoms with E-state index >= 15 is 0 Å². The van der Waals surface area contributed by atoms with Gasteiger partial charge in [0.25, 0.3) is 5.69 Å². The molecule has 0 N–H and O–H groups in total. The highest BCUT2D eigenvalue weighted by atomic mass is 19.1. The molecule has 1 heterocycles. The SMILES string of the molecule is Cc1cc(C=C(C#N)c2ccccc2F)c(C)n1-c1ccc([N+](=O)[O-])cc1. The van der Waals surface area contributed by atoms with E-state index in [9.17, 15) is 19.8 Å². The number of hydrogen-bond acceptors (Lipinski definition) is 3. The van der Waals surface area contributed by atoms with Gasteiger partial charge >= 0.3 is 0 Å². The molecule has 0 spiro atoms. The Morgan fingerprint density at radius 3 is 2.44 bits per heavy atom. The molecule has 2 aromatic carbocycles. The molecule has 0 aliphatic rings. The highest BCUT2D eigenvalue weighted by Crippen LogP contribution is 2.27. The molecule has 0 aliphatic heterocycles. The Bertz CT molecular complexity index is 1090. The van der Waals surface area contributed by atoms with E-state index in [1.165, 1.54) is 18.2 Å². The van der Waals surface area contributed by atoms with Gasteiger partial charge in [-0.2, -0.15) is 5.26 Å². The summed E-state index contributed by atoms with van der Waals surface area (Å²) in [5, 5.41) is 20.3. The number of rotatable bonds is 4. The smallest absolute Gasteiger partial charge is 0.269 e. The van der Waals surface area contributed by atoms with Crippen molar-refractivity contribution in [3.05, 3.63) is 93.0 Å². The van der Waals surface area contributed by atoms with E-state index in [-0.39, 0.29) is 16.8 Å². The average molecular weight is 361 g/mol. The Morgan fingerprint density at radius 2 is 1.85 bits per heavy atom. The lowest BCUT2D eigenvalue weighted by atomic mass is 10.0. The minimum atomic E-state index is -0.450. The van der Waals surface area contributed by atoms with Crippen molar-refractivity contribution in [3.8, 4) is 11.8 Å². The summed E-state index contributed by atoms with van der Waals surface area (Å²) in [6.07, 6.45) is 1.66. The molecule has 0 aliphatic carbocycles. The van der Waals surface area contributed by atoms with Gasteiger partial charge in [0.2, 0.25) is 0 Å². The summed E-state index contributed by atoms with van der Waals surface area (Å²) in [6.45, 7) is 3.79. The molecular formula is C21H16FN3O2. The van der Waals surface area contributed by atoms with E-state index in [0.717, 1.165) is 22.6 Å². The molecule has 0 atom stereocenters. The predicted octanol–water partition coefficient (Wildman–Crippen LogP) is 5.21. The zero-order valence-corrected chi connectivity index (χ0v) is 14.8. The molecule has 0 unspecified atom stereocenters. The summed E-state index contributed by atoms with van der Waals surface area (Å²) in [5.74, 6) is -0.450. The van der Waals surface area contributed by atoms with Gasteiger partial charge in [-0.25, -0.2) is 4.39 Å². The summed E-state index contributed by atoms with van der Waals surface area (Å²) < 4.78 is 16.0. The summed E-state index contributed by atoms with van der Waals surface area (Å²) in [4.78, 5) is 10.4. The quantitative estimate of drug-likeness (QED) is 0.364. The number of nitro groups is 1. The van der Waals surface area contributed by atoms with Crippen molar-refractivity contribution in [3.63, 3.8) is 0 Å². The fourth-order valence-electron chi connectivity index (χ4n) is 3.06. The van der Waals surface area contributed by atoms with Gasteiger partial charge in [-0.1, -0.05) is 18.2 Å². The van der Waals surface area contributed by atoms with Crippen LogP contribution in [0.25, 0.3) is 17.3 Å². The molecule has 0 fully saturated rings. The number of aryl methyl sites for hydroxylation is 1. The van der Waals surface area contributed by atoms with Gasteiger partial charge < -0.3 is 4.57 Å². The van der Waals surface area contributed by atoms with Crippen LogP contribution in [0.1, 0.15) is 22.5 Å². The Labute approximate surface area is 155 Å². The summed E-state index contributed by atoms with van der Waals surface area (Å²) in [5.41, 5.74) is 3.82. The first kappa shape index (κ1) is 18.1. The monoisotopic (exact) mass is 361 g/mol. The van der Waals surface area contributed by atoms with Crippen LogP contribution >= 0.6 is 0 Å². The number of aromatic nitrogens is 1. The molecule has 1 aromatic heterocycles. The first-order valence-corrected chi connectivity index (χ1v) is 8.23. The van der Waals surface area contributed by atoms with Gasteiger partial charge in [-0.3, -0.25) is 10.1 Å². The second-order valence-electron chi connectivity index (χ2n) is 6.09. The predicted molar refractivity (Wildman–Crippen MR) is 102 cm³/mol. The number of nitrogens with zero attached hydrogens (tertiary/aromatic N) is 3. The average Bonchev–Trinajstić information content (AvgIpc) is 2.93. The number of allylic oxidation sites excluding steroid dienone is 1. The van der Waals surface area contributed by atoms with Crippen molar-refractivity contribution in [1.82, 2.24) is 4.57 Å². The third-order valence-corrected chi connectivity index (χ3v) is 4.37. The van der Waals surface area contributed by atoms with E-state index in [1.807, 2.05) is 24.5 Å². The van der Waals surface area contributed by atoms with Crippen molar-refractivity contribution in [2.24, 2.45) is 0 Å². The highest BCUT2D eigenvalue weighted by Gasteiger charge is 2.13. The lowest BCUT2D eigenvalue weighted by molar-refractivity contribution is -0.384. The van der Waals surface area contributed by atoms with Gasteiger partial charge in [0.15, 0.2) is 0 Å². The van der Waals surface area contributed by atoms with E-state index in [2.05, 4.69) is 6.07 Å². The first-order chi connectivity index (χ1) is 12.9. The van der Waals surface area contributed by atoms with Crippen molar-refractivity contribution in [2.75, 3.05) is 0 Å². The van der Waals surface area contributed by atoms with Crippen LogP contribution in [-0.4, -0.2) is 9.49 Å². The maximum atomic E-state index is 14.0. The molecule has 134 valence electrons. The zero-order chi connectivity index (χ0) is 19.6. The standard InChI is InChI=1S/C21H16FN3O2/c1-14-11-16(12-17(13-23)20-5-3-4-6-21(20)22)15(2)24(14)18-7-9-19(10-8-18)25(26)27/h3-12H,1-2H3. The molecule has 0 saturated carbocycles. The minimum absolute atomic E-state index is 0.0210. The second kappa shape index (κ2) is 7.26. The largest absolute Gasteiger partial charge is 0.318 e. The van der Waals surface area contributed by atoms with Crippen LogP contribution < -0.4 is 0 Å². The molecule has 6 heteroatoms. The highest BCUT2D eigenvalue weighted by molar-refractivity contribution is 5.90. The van der Waals surface area contributed by atoms with E-state index in [0.29, 0.717) is 0 Å².